The molecule has 0 atom stereocenters. The maximum absolute atomic E-state index is 12.3. The molecule has 2 rings (SSSR count). The Morgan fingerprint density at radius 2 is 1.90 bits per heavy atom. The molecule has 0 aliphatic carbocycles. The fourth-order valence-corrected chi connectivity index (χ4v) is 3.05. The zero-order valence-electron chi connectivity index (χ0n) is 10.4. The molecule has 0 bridgehead atoms. The van der Waals surface area contributed by atoms with Crippen molar-refractivity contribution in [2.24, 2.45) is 0 Å². The van der Waals surface area contributed by atoms with Gasteiger partial charge in [0.2, 0.25) is 0 Å². The van der Waals surface area contributed by atoms with E-state index in [9.17, 15) is 8.42 Å². The average molecular weight is 332 g/mol. The molecule has 0 aliphatic rings. The van der Waals surface area contributed by atoms with Gasteiger partial charge in [0.05, 0.1) is 21.4 Å². The monoisotopic (exact) mass is 331 g/mol. The number of anilines is 2. The van der Waals surface area contributed by atoms with Crippen molar-refractivity contribution in [2.75, 3.05) is 17.1 Å². The van der Waals surface area contributed by atoms with Crippen LogP contribution >= 0.6 is 23.2 Å². The van der Waals surface area contributed by atoms with Crippen LogP contribution in [0.5, 0.6) is 0 Å². The molecule has 0 aliphatic heterocycles. The first-order valence-electron chi connectivity index (χ1n) is 5.54. The Hall–Kier alpha value is -1.50. The minimum Gasteiger partial charge on any atom is -0.386 e. The maximum atomic E-state index is 12.3. The van der Waals surface area contributed by atoms with E-state index in [4.69, 9.17) is 23.2 Å². The van der Waals surface area contributed by atoms with E-state index in [1.54, 1.807) is 19.2 Å². The number of pyridine rings is 1. The number of sulfonamides is 1. The summed E-state index contributed by atoms with van der Waals surface area (Å²) in [4.78, 5) is 3.89. The molecule has 0 fully saturated rings. The Kier molecular flexibility index (Phi) is 4.37. The first kappa shape index (κ1) is 14.9. The van der Waals surface area contributed by atoms with Gasteiger partial charge in [-0.25, -0.2) is 4.98 Å². The van der Waals surface area contributed by atoms with Crippen molar-refractivity contribution >= 4 is 44.6 Å². The van der Waals surface area contributed by atoms with E-state index >= 15 is 0 Å². The molecule has 1 heterocycles. The Labute approximate surface area is 127 Å². The Balaban J connectivity index is 2.38. The van der Waals surface area contributed by atoms with Gasteiger partial charge < -0.3 is 5.32 Å². The van der Waals surface area contributed by atoms with Gasteiger partial charge in [0, 0.05) is 13.2 Å². The second-order valence-corrected chi connectivity index (χ2v) is 6.25. The molecule has 20 heavy (non-hydrogen) atoms. The first-order chi connectivity index (χ1) is 9.44. The van der Waals surface area contributed by atoms with Crippen LogP contribution in [0.25, 0.3) is 0 Å². The molecule has 0 radical (unpaired) electrons. The minimum absolute atomic E-state index is 0.0893. The van der Waals surface area contributed by atoms with Gasteiger partial charge in [-0.3, -0.25) is 4.72 Å². The van der Waals surface area contributed by atoms with E-state index in [1.807, 2.05) is 0 Å². The van der Waals surface area contributed by atoms with Crippen LogP contribution in [0.2, 0.25) is 10.0 Å². The third kappa shape index (κ3) is 3.15. The van der Waals surface area contributed by atoms with Gasteiger partial charge in [-0.2, -0.15) is 8.42 Å². The quantitative estimate of drug-likeness (QED) is 0.902. The van der Waals surface area contributed by atoms with Crippen LogP contribution in [-0.4, -0.2) is 20.4 Å². The Bertz CT molecular complexity index is 735. The molecule has 5 nitrogen and oxygen atoms in total. The predicted octanol–water partition coefficient (Wildman–Crippen LogP) is 3.23. The summed E-state index contributed by atoms with van der Waals surface area (Å²) in [6.45, 7) is 0. The number of rotatable bonds is 4. The topological polar surface area (TPSA) is 71.1 Å². The summed E-state index contributed by atoms with van der Waals surface area (Å²) in [6, 6.07) is 7.73. The molecule has 2 aromatic rings. The van der Waals surface area contributed by atoms with Gasteiger partial charge >= 0.3 is 0 Å². The maximum Gasteiger partial charge on any atom is 0.281 e. The minimum atomic E-state index is -3.81. The summed E-state index contributed by atoms with van der Waals surface area (Å²) < 4.78 is 27.0. The third-order valence-electron chi connectivity index (χ3n) is 2.47. The lowest BCUT2D eigenvalue weighted by atomic mass is 10.3. The lowest BCUT2D eigenvalue weighted by Crippen LogP contribution is -2.16. The molecule has 1 aromatic heterocycles. The van der Waals surface area contributed by atoms with Gasteiger partial charge in [-0.15, -0.1) is 0 Å². The standard InChI is InChI=1S/C12H11Cl2N3O2S/c1-15-11-3-2-6-16-12(11)20(18,19)17-8-4-5-9(13)10(14)7-8/h2-7,15,17H,1H3. The molecule has 0 amide bonds. The molecule has 0 spiro atoms. The van der Waals surface area contributed by atoms with Crippen molar-refractivity contribution < 1.29 is 8.42 Å². The average Bonchev–Trinajstić information content (AvgIpc) is 2.42. The number of nitrogens with one attached hydrogen (secondary N) is 2. The number of halogens is 2. The van der Waals surface area contributed by atoms with Gasteiger partial charge in [-0.05, 0) is 30.3 Å². The molecule has 0 unspecified atom stereocenters. The number of benzene rings is 1. The Morgan fingerprint density at radius 1 is 1.15 bits per heavy atom. The van der Waals surface area contributed by atoms with Gasteiger partial charge in [0.25, 0.3) is 10.0 Å². The number of nitrogens with zero attached hydrogens (tertiary/aromatic N) is 1. The second kappa shape index (κ2) is 5.87. The molecule has 2 N–H and O–H groups in total. The van der Waals surface area contributed by atoms with Crippen LogP contribution in [0, 0.1) is 0 Å². The van der Waals surface area contributed by atoms with E-state index < -0.39 is 10.0 Å². The van der Waals surface area contributed by atoms with E-state index in [1.165, 1.54) is 24.4 Å². The fourth-order valence-electron chi connectivity index (χ4n) is 1.56. The lowest BCUT2D eigenvalue weighted by Gasteiger charge is -2.11. The van der Waals surface area contributed by atoms with Crippen molar-refractivity contribution in [2.45, 2.75) is 5.03 Å². The third-order valence-corrected chi connectivity index (χ3v) is 4.54. The lowest BCUT2D eigenvalue weighted by molar-refractivity contribution is 0.598. The summed E-state index contributed by atoms with van der Waals surface area (Å²) in [6.07, 6.45) is 1.41. The van der Waals surface area contributed by atoms with Crippen LogP contribution in [0.1, 0.15) is 0 Å². The summed E-state index contributed by atoms with van der Waals surface area (Å²) in [5.74, 6) is 0. The van der Waals surface area contributed by atoms with Crippen LogP contribution in [-0.2, 0) is 10.0 Å². The van der Waals surface area contributed by atoms with E-state index in [-0.39, 0.29) is 10.0 Å². The van der Waals surface area contributed by atoms with Crippen molar-refractivity contribution in [3.8, 4) is 0 Å². The van der Waals surface area contributed by atoms with Crippen LogP contribution in [0.3, 0.4) is 0 Å². The van der Waals surface area contributed by atoms with Gasteiger partial charge in [0.15, 0.2) is 5.03 Å². The van der Waals surface area contributed by atoms with Crippen molar-refractivity contribution in [1.29, 1.82) is 0 Å². The molecular weight excluding hydrogens is 321 g/mol. The zero-order valence-corrected chi connectivity index (χ0v) is 12.7. The number of hydrogen-bond donors (Lipinski definition) is 2. The smallest absolute Gasteiger partial charge is 0.281 e. The number of aromatic nitrogens is 1. The zero-order chi connectivity index (χ0) is 14.8. The molecule has 0 saturated heterocycles. The normalized spacial score (nSPS) is 11.2. The Morgan fingerprint density at radius 3 is 2.55 bits per heavy atom. The highest BCUT2D eigenvalue weighted by molar-refractivity contribution is 7.92. The summed E-state index contributed by atoms with van der Waals surface area (Å²) in [7, 11) is -2.19. The predicted molar refractivity (Wildman–Crippen MR) is 81.1 cm³/mol. The highest BCUT2D eigenvalue weighted by Gasteiger charge is 2.20. The van der Waals surface area contributed by atoms with E-state index in [2.05, 4.69) is 15.0 Å². The van der Waals surface area contributed by atoms with Crippen molar-refractivity contribution in [1.82, 2.24) is 4.98 Å². The summed E-state index contributed by atoms with van der Waals surface area (Å²) in [5, 5.41) is 3.31. The summed E-state index contributed by atoms with van der Waals surface area (Å²) >= 11 is 11.6. The SMILES string of the molecule is CNc1cccnc1S(=O)(=O)Nc1ccc(Cl)c(Cl)c1. The fraction of sp³-hybridized carbons (Fsp3) is 0.0833. The van der Waals surface area contributed by atoms with Crippen LogP contribution in [0.15, 0.2) is 41.6 Å². The van der Waals surface area contributed by atoms with Crippen molar-refractivity contribution in [3.05, 3.63) is 46.6 Å². The highest BCUT2D eigenvalue weighted by Crippen LogP contribution is 2.27. The molecule has 106 valence electrons. The second-order valence-electron chi connectivity index (χ2n) is 3.84. The van der Waals surface area contributed by atoms with E-state index in [0.29, 0.717) is 16.4 Å². The largest absolute Gasteiger partial charge is 0.386 e. The first-order valence-corrected chi connectivity index (χ1v) is 7.78. The highest BCUT2D eigenvalue weighted by atomic mass is 35.5. The van der Waals surface area contributed by atoms with Crippen LogP contribution < -0.4 is 10.0 Å². The summed E-state index contributed by atoms with van der Waals surface area (Å²) in [5.41, 5.74) is 0.715. The van der Waals surface area contributed by atoms with Gasteiger partial charge in [0.1, 0.15) is 0 Å². The van der Waals surface area contributed by atoms with E-state index in [0.717, 1.165) is 0 Å². The number of hydrogen-bond acceptors (Lipinski definition) is 4. The molecular formula is C12H11Cl2N3O2S. The van der Waals surface area contributed by atoms with Crippen molar-refractivity contribution in [3.63, 3.8) is 0 Å². The molecule has 8 heteroatoms. The molecule has 1 aromatic carbocycles. The van der Waals surface area contributed by atoms with Gasteiger partial charge in [-0.1, -0.05) is 23.2 Å². The van der Waals surface area contributed by atoms with Crippen LogP contribution in [0.4, 0.5) is 11.4 Å². The molecule has 0 saturated carbocycles.